The predicted octanol–water partition coefficient (Wildman–Crippen LogP) is 2.69. The highest BCUT2D eigenvalue weighted by Crippen LogP contribution is 2.30. The maximum atomic E-state index is 5.70. The minimum atomic E-state index is 0.509. The molecular formula is C14H21NO. The van der Waals surface area contributed by atoms with Gasteiger partial charge in [-0.15, -0.1) is 0 Å². The molecule has 88 valence electrons. The molecule has 1 N–H and O–H groups in total. The molecule has 0 amide bonds. The first-order valence-corrected chi connectivity index (χ1v) is 6.25. The van der Waals surface area contributed by atoms with Gasteiger partial charge in [0, 0.05) is 12.0 Å². The van der Waals surface area contributed by atoms with E-state index in [1.165, 1.54) is 11.1 Å². The van der Waals surface area contributed by atoms with Gasteiger partial charge in [0.2, 0.25) is 0 Å². The molecule has 16 heavy (non-hydrogen) atoms. The van der Waals surface area contributed by atoms with Gasteiger partial charge < -0.3 is 10.1 Å². The van der Waals surface area contributed by atoms with E-state index in [2.05, 4.69) is 43.4 Å². The van der Waals surface area contributed by atoms with Gasteiger partial charge in [0.15, 0.2) is 0 Å². The molecule has 2 nitrogen and oxygen atoms in total. The highest BCUT2D eigenvalue weighted by atomic mass is 16.5. The monoisotopic (exact) mass is 219 g/mol. The summed E-state index contributed by atoms with van der Waals surface area (Å²) in [7, 11) is 0. The van der Waals surface area contributed by atoms with Gasteiger partial charge in [0.25, 0.3) is 0 Å². The van der Waals surface area contributed by atoms with Crippen molar-refractivity contribution in [3.8, 4) is 0 Å². The Morgan fingerprint density at radius 2 is 2.19 bits per heavy atom. The summed E-state index contributed by atoms with van der Waals surface area (Å²) < 4.78 is 5.70. The normalized spacial score (nSPS) is 21.5. The van der Waals surface area contributed by atoms with Crippen LogP contribution >= 0.6 is 0 Å². The van der Waals surface area contributed by atoms with Gasteiger partial charge in [0.1, 0.15) is 0 Å². The number of nitrogens with one attached hydrogen (secondary N) is 1. The van der Waals surface area contributed by atoms with Crippen LogP contribution in [0.15, 0.2) is 24.3 Å². The van der Waals surface area contributed by atoms with Gasteiger partial charge in [-0.05, 0) is 24.1 Å². The summed E-state index contributed by atoms with van der Waals surface area (Å²) in [4.78, 5) is 0. The largest absolute Gasteiger partial charge is 0.376 e. The van der Waals surface area contributed by atoms with Crippen LogP contribution in [0.4, 0.5) is 0 Å². The number of rotatable bonds is 4. The average Bonchev–Trinajstić information content (AvgIpc) is 2.35. The lowest BCUT2D eigenvalue weighted by atomic mass is 9.86. The fourth-order valence-corrected chi connectivity index (χ4v) is 2.58. The summed E-state index contributed by atoms with van der Waals surface area (Å²) in [5.74, 6) is 0.509. The lowest BCUT2D eigenvalue weighted by molar-refractivity contribution is 0.0799. The molecule has 0 aliphatic carbocycles. The zero-order valence-electron chi connectivity index (χ0n) is 10.2. The molecule has 0 radical (unpaired) electrons. The Bertz CT molecular complexity index is 337. The Kier molecular flexibility index (Phi) is 3.97. The van der Waals surface area contributed by atoms with Crippen LogP contribution in [0.3, 0.4) is 0 Å². The van der Waals surface area contributed by atoms with Crippen molar-refractivity contribution in [3.05, 3.63) is 35.4 Å². The third-order valence-corrected chi connectivity index (χ3v) is 3.40. The van der Waals surface area contributed by atoms with Gasteiger partial charge in [-0.25, -0.2) is 0 Å². The van der Waals surface area contributed by atoms with Crippen molar-refractivity contribution in [2.24, 2.45) is 0 Å². The van der Waals surface area contributed by atoms with Crippen molar-refractivity contribution in [2.75, 3.05) is 13.2 Å². The Hall–Kier alpha value is -0.860. The van der Waals surface area contributed by atoms with E-state index in [-0.39, 0.29) is 0 Å². The van der Waals surface area contributed by atoms with E-state index >= 15 is 0 Å². The molecule has 2 atom stereocenters. The topological polar surface area (TPSA) is 21.3 Å². The molecular weight excluding hydrogens is 198 g/mol. The van der Waals surface area contributed by atoms with Crippen molar-refractivity contribution in [2.45, 2.75) is 38.8 Å². The van der Waals surface area contributed by atoms with Gasteiger partial charge in [-0.2, -0.15) is 0 Å². The van der Waals surface area contributed by atoms with Crippen LogP contribution in [0.2, 0.25) is 0 Å². The Morgan fingerprint density at radius 1 is 1.38 bits per heavy atom. The quantitative estimate of drug-likeness (QED) is 0.840. The first-order valence-electron chi connectivity index (χ1n) is 6.25. The molecule has 1 aromatic rings. The summed E-state index contributed by atoms with van der Waals surface area (Å²) in [6, 6.07) is 9.20. The minimum absolute atomic E-state index is 0.509. The van der Waals surface area contributed by atoms with Crippen LogP contribution < -0.4 is 5.32 Å². The maximum absolute atomic E-state index is 5.70. The molecule has 1 heterocycles. The number of likely N-dealkylation sites (N-methyl/N-ethyl adjacent to an activating group) is 1. The molecule has 2 rings (SSSR count). The molecule has 0 fully saturated rings. The molecule has 0 aromatic heterocycles. The second kappa shape index (κ2) is 5.46. The number of fused-ring (bicyclic) bond motifs is 1. The Morgan fingerprint density at radius 3 is 2.94 bits per heavy atom. The molecule has 0 saturated carbocycles. The van der Waals surface area contributed by atoms with E-state index in [9.17, 15) is 0 Å². The average molecular weight is 219 g/mol. The molecule has 1 aliphatic rings. The predicted molar refractivity (Wildman–Crippen MR) is 66.6 cm³/mol. The second-order valence-corrected chi connectivity index (χ2v) is 4.39. The SMILES string of the molecule is CCNC(CC)C1COCc2ccccc21. The summed E-state index contributed by atoms with van der Waals surface area (Å²) in [5, 5.41) is 3.56. The van der Waals surface area contributed by atoms with Gasteiger partial charge in [-0.1, -0.05) is 38.1 Å². The van der Waals surface area contributed by atoms with Crippen molar-refractivity contribution in [1.82, 2.24) is 5.32 Å². The summed E-state index contributed by atoms with van der Waals surface area (Å²) >= 11 is 0. The van der Waals surface area contributed by atoms with Crippen LogP contribution in [0.1, 0.15) is 37.3 Å². The smallest absolute Gasteiger partial charge is 0.0719 e. The molecule has 1 aromatic carbocycles. The lowest BCUT2D eigenvalue weighted by Gasteiger charge is -2.32. The summed E-state index contributed by atoms with van der Waals surface area (Å²) in [5.41, 5.74) is 2.83. The zero-order valence-corrected chi connectivity index (χ0v) is 10.2. The highest BCUT2D eigenvalue weighted by molar-refractivity contribution is 5.32. The molecule has 2 heteroatoms. The van der Waals surface area contributed by atoms with E-state index in [1.54, 1.807) is 0 Å². The standard InChI is InChI=1S/C14H21NO/c1-3-14(15-4-2)13-10-16-9-11-7-5-6-8-12(11)13/h5-8,13-15H,3-4,9-10H2,1-2H3. The van der Waals surface area contributed by atoms with E-state index in [0.717, 1.165) is 26.2 Å². The number of ether oxygens (including phenoxy) is 1. The number of hydrogen-bond acceptors (Lipinski definition) is 2. The molecule has 0 saturated heterocycles. The first-order chi connectivity index (χ1) is 7.86. The van der Waals surface area contributed by atoms with Crippen LogP contribution in [0, 0.1) is 0 Å². The zero-order chi connectivity index (χ0) is 11.4. The van der Waals surface area contributed by atoms with Crippen molar-refractivity contribution in [3.63, 3.8) is 0 Å². The second-order valence-electron chi connectivity index (χ2n) is 4.39. The van der Waals surface area contributed by atoms with E-state index in [0.29, 0.717) is 12.0 Å². The van der Waals surface area contributed by atoms with E-state index in [1.807, 2.05) is 0 Å². The van der Waals surface area contributed by atoms with Gasteiger partial charge >= 0.3 is 0 Å². The van der Waals surface area contributed by atoms with Crippen LogP contribution in [0.25, 0.3) is 0 Å². The van der Waals surface area contributed by atoms with Crippen LogP contribution in [0.5, 0.6) is 0 Å². The maximum Gasteiger partial charge on any atom is 0.0719 e. The fraction of sp³-hybridized carbons (Fsp3) is 0.571. The van der Waals surface area contributed by atoms with Crippen LogP contribution in [-0.2, 0) is 11.3 Å². The summed E-state index contributed by atoms with van der Waals surface area (Å²) in [6.07, 6.45) is 1.15. The number of benzene rings is 1. The van der Waals surface area contributed by atoms with Crippen LogP contribution in [-0.4, -0.2) is 19.2 Å². The highest BCUT2D eigenvalue weighted by Gasteiger charge is 2.26. The van der Waals surface area contributed by atoms with Crippen molar-refractivity contribution >= 4 is 0 Å². The molecule has 2 unspecified atom stereocenters. The van der Waals surface area contributed by atoms with Gasteiger partial charge in [0.05, 0.1) is 13.2 Å². The third-order valence-electron chi connectivity index (χ3n) is 3.40. The van der Waals surface area contributed by atoms with Gasteiger partial charge in [-0.3, -0.25) is 0 Å². The fourth-order valence-electron chi connectivity index (χ4n) is 2.58. The first kappa shape index (κ1) is 11.6. The summed E-state index contributed by atoms with van der Waals surface area (Å²) in [6.45, 7) is 7.05. The number of hydrogen-bond donors (Lipinski definition) is 1. The third kappa shape index (κ3) is 2.28. The Balaban J connectivity index is 2.23. The lowest BCUT2D eigenvalue weighted by Crippen LogP contribution is -2.38. The Labute approximate surface area is 98.0 Å². The van der Waals surface area contributed by atoms with Crippen molar-refractivity contribution < 1.29 is 4.74 Å². The van der Waals surface area contributed by atoms with Crippen molar-refractivity contribution in [1.29, 1.82) is 0 Å². The van der Waals surface area contributed by atoms with E-state index < -0.39 is 0 Å². The molecule has 0 spiro atoms. The van der Waals surface area contributed by atoms with E-state index in [4.69, 9.17) is 4.74 Å². The molecule has 0 bridgehead atoms. The molecule has 1 aliphatic heterocycles. The minimum Gasteiger partial charge on any atom is -0.376 e.